The van der Waals surface area contributed by atoms with Gasteiger partial charge in [0.15, 0.2) is 11.6 Å². The smallest absolute Gasteiger partial charge is 0.160 e. The number of hydrogen-bond donors (Lipinski definition) is 1. The van der Waals surface area contributed by atoms with E-state index in [1.54, 1.807) is 6.07 Å². The molecule has 17 heavy (non-hydrogen) atoms. The van der Waals surface area contributed by atoms with Gasteiger partial charge in [-0.25, -0.2) is 8.78 Å². The third-order valence-electron chi connectivity index (χ3n) is 3.32. The van der Waals surface area contributed by atoms with E-state index in [1.807, 2.05) is 0 Å². The van der Waals surface area contributed by atoms with Crippen molar-refractivity contribution >= 4 is 5.69 Å². The predicted octanol–water partition coefficient (Wildman–Crippen LogP) is 2.54. The van der Waals surface area contributed by atoms with Crippen molar-refractivity contribution in [2.45, 2.75) is 32.4 Å². The van der Waals surface area contributed by atoms with Crippen molar-refractivity contribution in [3.8, 4) is 0 Å². The monoisotopic (exact) mass is 240 g/mol. The summed E-state index contributed by atoms with van der Waals surface area (Å²) in [7, 11) is 0. The fourth-order valence-electron chi connectivity index (χ4n) is 2.30. The Hall–Kier alpha value is -1.16. The minimum Gasteiger partial charge on any atom is -0.366 e. The topological polar surface area (TPSA) is 15.3 Å². The van der Waals surface area contributed by atoms with Crippen molar-refractivity contribution in [1.29, 1.82) is 0 Å². The summed E-state index contributed by atoms with van der Waals surface area (Å²) in [5, 5.41) is 3.40. The van der Waals surface area contributed by atoms with Gasteiger partial charge < -0.3 is 10.2 Å². The van der Waals surface area contributed by atoms with E-state index in [0.717, 1.165) is 25.2 Å². The number of nitrogens with zero attached hydrogens (tertiary/aromatic N) is 1. The summed E-state index contributed by atoms with van der Waals surface area (Å²) < 4.78 is 26.2. The molecule has 0 saturated carbocycles. The number of nitrogens with one attached hydrogen (secondary N) is 1. The molecule has 0 aromatic heterocycles. The summed E-state index contributed by atoms with van der Waals surface area (Å²) in [5.74, 6) is -1.56. The molecule has 1 N–H and O–H groups in total. The molecule has 2 nitrogen and oxygen atoms in total. The molecule has 1 fully saturated rings. The molecule has 2 atom stereocenters. The molecule has 1 aliphatic rings. The maximum Gasteiger partial charge on any atom is 0.160 e. The summed E-state index contributed by atoms with van der Waals surface area (Å²) in [6, 6.07) is 4.85. The number of halogens is 2. The first-order chi connectivity index (χ1) is 8.11. The van der Waals surface area contributed by atoms with Crippen molar-refractivity contribution in [2.75, 3.05) is 18.0 Å². The molecular formula is C13H18F2N2. The Morgan fingerprint density at radius 2 is 2.12 bits per heavy atom. The molecule has 1 saturated heterocycles. The summed E-state index contributed by atoms with van der Waals surface area (Å²) in [6.45, 7) is 5.91. The quantitative estimate of drug-likeness (QED) is 0.854. The van der Waals surface area contributed by atoms with E-state index >= 15 is 0 Å². The largest absolute Gasteiger partial charge is 0.366 e. The zero-order chi connectivity index (χ0) is 12.4. The van der Waals surface area contributed by atoms with Crippen LogP contribution in [0.4, 0.5) is 14.5 Å². The van der Waals surface area contributed by atoms with Gasteiger partial charge in [0.25, 0.3) is 0 Å². The van der Waals surface area contributed by atoms with Crippen molar-refractivity contribution < 1.29 is 8.78 Å². The van der Waals surface area contributed by atoms with Crippen LogP contribution in [0.5, 0.6) is 0 Å². The highest BCUT2D eigenvalue weighted by molar-refractivity contribution is 5.48. The second-order valence-corrected chi connectivity index (χ2v) is 4.62. The molecule has 0 amide bonds. The Morgan fingerprint density at radius 3 is 2.76 bits per heavy atom. The first kappa shape index (κ1) is 12.3. The average molecular weight is 240 g/mol. The molecule has 1 aromatic carbocycles. The lowest BCUT2D eigenvalue weighted by atomic mass is 10.1. The highest BCUT2D eigenvalue weighted by atomic mass is 19.2. The average Bonchev–Trinajstić information content (AvgIpc) is 2.32. The van der Waals surface area contributed by atoms with E-state index in [2.05, 4.69) is 24.1 Å². The Bertz CT molecular complexity index is 395. The standard InChI is InChI=1S/C13H18F2N2/c1-3-10-7-16-9(2)8-17(10)11-4-5-12(14)13(15)6-11/h4-6,9-10,16H,3,7-8H2,1-2H3. The summed E-state index contributed by atoms with van der Waals surface area (Å²) in [4.78, 5) is 2.16. The number of anilines is 1. The predicted molar refractivity (Wildman–Crippen MR) is 65.2 cm³/mol. The van der Waals surface area contributed by atoms with Crippen molar-refractivity contribution in [2.24, 2.45) is 0 Å². The number of piperazine rings is 1. The third kappa shape index (κ3) is 2.57. The zero-order valence-electron chi connectivity index (χ0n) is 10.2. The van der Waals surface area contributed by atoms with E-state index in [-0.39, 0.29) is 0 Å². The first-order valence-corrected chi connectivity index (χ1v) is 6.07. The zero-order valence-corrected chi connectivity index (χ0v) is 10.2. The van der Waals surface area contributed by atoms with Gasteiger partial charge in [-0.05, 0) is 25.5 Å². The molecule has 4 heteroatoms. The highest BCUT2D eigenvalue weighted by Crippen LogP contribution is 2.23. The van der Waals surface area contributed by atoms with Crippen LogP contribution in [0.1, 0.15) is 20.3 Å². The molecular weight excluding hydrogens is 222 g/mol. The number of rotatable bonds is 2. The van der Waals surface area contributed by atoms with Gasteiger partial charge in [0.05, 0.1) is 0 Å². The van der Waals surface area contributed by atoms with Crippen molar-refractivity contribution in [3.63, 3.8) is 0 Å². The van der Waals surface area contributed by atoms with Gasteiger partial charge in [0.2, 0.25) is 0 Å². The van der Waals surface area contributed by atoms with E-state index in [1.165, 1.54) is 12.1 Å². The molecule has 94 valence electrons. The molecule has 0 bridgehead atoms. The molecule has 2 unspecified atom stereocenters. The number of hydrogen-bond acceptors (Lipinski definition) is 2. The van der Waals surface area contributed by atoms with Crippen LogP contribution in [0.15, 0.2) is 18.2 Å². The second kappa shape index (κ2) is 5.00. The summed E-state index contributed by atoms with van der Waals surface area (Å²) in [5.41, 5.74) is 0.768. The van der Waals surface area contributed by atoms with Gasteiger partial charge in [-0.2, -0.15) is 0 Å². The van der Waals surface area contributed by atoms with Gasteiger partial charge in [-0.1, -0.05) is 6.92 Å². The van der Waals surface area contributed by atoms with Gasteiger partial charge in [0.1, 0.15) is 0 Å². The van der Waals surface area contributed by atoms with Crippen LogP contribution in [0.2, 0.25) is 0 Å². The fraction of sp³-hybridized carbons (Fsp3) is 0.538. The van der Waals surface area contributed by atoms with E-state index in [9.17, 15) is 8.78 Å². The summed E-state index contributed by atoms with van der Waals surface area (Å²) >= 11 is 0. The lowest BCUT2D eigenvalue weighted by Gasteiger charge is -2.40. The van der Waals surface area contributed by atoms with Gasteiger partial charge in [-0.15, -0.1) is 0 Å². The molecule has 1 heterocycles. The van der Waals surface area contributed by atoms with Crippen LogP contribution < -0.4 is 10.2 Å². The minimum atomic E-state index is -0.787. The Kier molecular flexibility index (Phi) is 3.62. The lowest BCUT2D eigenvalue weighted by Crippen LogP contribution is -2.55. The first-order valence-electron chi connectivity index (χ1n) is 6.07. The molecule has 1 aromatic rings. The van der Waals surface area contributed by atoms with Gasteiger partial charge in [-0.3, -0.25) is 0 Å². The Labute approximate surface area is 101 Å². The molecule has 1 aliphatic heterocycles. The maximum absolute atomic E-state index is 13.2. The maximum atomic E-state index is 13.2. The number of benzene rings is 1. The van der Waals surface area contributed by atoms with E-state index in [0.29, 0.717) is 12.1 Å². The van der Waals surface area contributed by atoms with Crippen molar-refractivity contribution in [3.05, 3.63) is 29.8 Å². The van der Waals surface area contributed by atoms with Gasteiger partial charge >= 0.3 is 0 Å². The minimum absolute atomic E-state index is 0.344. The molecule has 2 rings (SSSR count). The third-order valence-corrected chi connectivity index (χ3v) is 3.32. The van der Waals surface area contributed by atoms with E-state index in [4.69, 9.17) is 0 Å². The molecule has 0 spiro atoms. The highest BCUT2D eigenvalue weighted by Gasteiger charge is 2.25. The second-order valence-electron chi connectivity index (χ2n) is 4.62. The normalized spacial score (nSPS) is 25.1. The van der Waals surface area contributed by atoms with Crippen LogP contribution in [0, 0.1) is 11.6 Å². The Morgan fingerprint density at radius 1 is 1.35 bits per heavy atom. The van der Waals surface area contributed by atoms with Crippen LogP contribution >= 0.6 is 0 Å². The SMILES string of the molecule is CCC1CNC(C)CN1c1ccc(F)c(F)c1. The van der Waals surface area contributed by atoms with Crippen LogP contribution in [0.3, 0.4) is 0 Å². The summed E-state index contributed by atoms with van der Waals surface area (Å²) in [6.07, 6.45) is 0.985. The fourth-order valence-corrected chi connectivity index (χ4v) is 2.30. The van der Waals surface area contributed by atoms with Crippen LogP contribution in [-0.2, 0) is 0 Å². The van der Waals surface area contributed by atoms with E-state index < -0.39 is 11.6 Å². The van der Waals surface area contributed by atoms with Crippen LogP contribution in [-0.4, -0.2) is 25.2 Å². The molecule has 0 radical (unpaired) electrons. The molecule has 0 aliphatic carbocycles. The van der Waals surface area contributed by atoms with Crippen molar-refractivity contribution in [1.82, 2.24) is 5.32 Å². The van der Waals surface area contributed by atoms with Crippen LogP contribution in [0.25, 0.3) is 0 Å². The van der Waals surface area contributed by atoms with Gasteiger partial charge in [0, 0.05) is 36.9 Å². The Balaban J connectivity index is 2.25. The lowest BCUT2D eigenvalue weighted by molar-refractivity contribution is 0.401.